The molecule has 2 N–H and O–H groups in total. The number of rotatable bonds is 10. The van der Waals surface area contributed by atoms with Crippen molar-refractivity contribution in [3.05, 3.63) is 59.5 Å². The summed E-state index contributed by atoms with van der Waals surface area (Å²) < 4.78 is 15.3. The number of hydrogen-bond donors (Lipinski definition) is 2. The van der Waals surface area contributed by atoms with Gasteiger partial charge in [-0.3, -0.25) is 9.59 Å². The lowest BCUT2D eigenvalue weighted by Crippen LogP contribution is -2.36. The van der Waals surface area contributed by atoms with Crippen molar-refractivity contribution in [1.82, 2.24) is 15.8 Å². The molecule has 27 heavy (non-hydrogen) atoms. The van der Waals surface area contributed by atoms with E-state index >= 15 is 0 Å². The van der Waals surface area contributed by atoms with Gasteiger partial charge < -0.3 is 24.6 Å². The third kappa shape index (κ3) is 6.95. The summed E-state index contributed by atoms with van der Waals surface area (Å²) in [6.45, 7) is 6.34. The molecule has 8 heteroatoms. The number of amides is 1. The van der Waals surface area contributed by atoms with E-state index in [2.05, 4.69) is 33.2 Å². The first-order valence-electron chi connectivity index (χ1n) is 8.33. The van der Waals surface area contributed by atoms with Crippen molar-refractivity contribution in [2.75, 3.05) is 20.2 Å². The van der Waals surface area contributed by atoms with Crippen molar-refractivity contribution in [2.24, 2.45) is 0 Å². The maximum absolute atomic E-state index is 11.6. The van der Waals surface area contributed by atoms with Crippen LogP contribution in [0.3, 0.4) is 0 Å². The Hall–Kier alpha value is -3.13. The predicted octanol–water partition coefficient (Wildman–Crippen LogP) is 1.55. The maximum atomic E-state index is 11.6. The van der Waals surface area contributed by atoms with E-state index in [1.807, 2.05) is 25.1 Å². The molecule has 0 unspecified atom stereocenters. The molecule has 0 spiro atoms. The Bertz CT molecular complexity index is 800. The molecule has 0 aliphatic carbocycles. The SMILES string of the molecule is C=C(NCC(=O)NCC(=O)OC)c1cc(COCc2cccc(C)c2)on1. The smallest absolute Gasteiger partial charge is 0.325 e. The molecule has 0 atom stereocenters. The molecule has 0 fully saturated rings. The van der Waals surface area contributed by atoms with Crippen LogP contribution in [0.4, 0.5) is 0 Å². The Morgan fingerprint density at radius 3 is 2.74 bits per heavy atom. The summed E-state index contributed by atoms with van der Waals surface area (Å²) in [5.74, 6) is -0.337. The lowest BCUT2D eigenvalue weighted by Gasteiger charge is -2.07. The highest BCUT2D eigenvalue weighted by molar-refractivity contribution is 5.84. The summed E-state index contributed by atoms with van der Waals surface area (Å²) in [5.41, 5.74) is 3.16. The molecule has 1 aromatic carbocycles. The molecule has 0 aliphatic rings. The van der Waals surface area contributed by atoms with Crippen LogP contribution in [0.1, 0.15) is 22.6 Å². The topological polar surface area (TPSA) is 103 Å². The first-order valence-corrected chi connectivity index (χ1v) is 8.33. The number of carbonyl (C=O) groups is 2. The quantitative estimate of drug-likeness (QED) is 0.609. The fraction of sp³-hybridized carbons (Fsp3) is 0.316. The molecular weight excluding hydrogens is 350 g/mol. The van der Waals surface area contributed by atoms with E-state index in [0.29, 0.717) is 23.8 Å². The van der Waals surface area contributed by atoms with Gasteiger partial charge in [-0.15, -0.1) is 0 Å². The van der Waals surface area contributed by atoms with Gasteiger partial charge in [-0.25, -0.2) is 0 Å². The lowest BCUT2D eigenvalue weighted by atomic mass is 10.1. The van der Waals surface area contributed by atoms with E-state index in [9.17, 15) is 9.59 Å². The van der Waals surface area contributed by atoms with Crippen LogP contribution >= 0.6 is 0 Å². The molecule has 1 amide bonds. The summed E-state index contributed by atoms with van der Waals surface area (Å²) in [4.78, 5) is 22.6. The van der Waals surface area contributed by atoms with E-state index in [0.717, 1.165) is 5.56 Å². The highest BCUT2D eigenvalue weighted by Gasteiger charge is 2.10. The van der Waals surface area contributed by atoms with Crippen molar-refractivity contribution in [1.29, 1.82) is 0 Å². The summed E-state index contributed by atoms with van der Waals surface area (Å²) in [6, 6.07) is 9.76. The Morgan fingerprint density at radius 2 is 2.00 bits per heavy atom. The average molecular weight is 373 g/mol. The van der Waals surface area contributed by atoms with Gasteiger partial charge in [0, 0.05) is 6.07 Å². The molecule has 1 aromatic heterocycles. The highest BCUT2D eigenvalue weighted by Crippen LogP contribution is 2.12. The number of benzene rings is 1. The molecule has 1 heterocycles. The zero-order valence-corrected chi connectivity index (χ0v) is 15.4. The molecule has 144 valence electrons. The Kier molecular flexibility index (Phi) is 7.57. The number of aryl methyl sites for hydroxylation is 1. The first-order chi connectivity index (χ1) is 13.0. The Balaban J connectivity index is 1.73. The van der Waals surface area contributed by atoms with E-state index in [-0.39, 0.29) is 25.6 Å². The van der Waals surface area contributed by atoms with Gasteiger partial charge in [0.2, 0.25) is 5.91 Å². The summed E-state index contributed by atoms with van der Waals surface area (Å²) in [6.07, 6.45) is 0. The molecular formula is C19H23N3O5. The van der Waals surface area contributed by atoms with Crippen molar-refractivity contribution >= 4 is 17.6 Å². The number of hydrogen-bond acceptors (Lipinski definition) is 7. The second kappa shape index (κ2) is 10.1. The third-order valence-corrected chi connectivity index (χ3v) is 3.58. The minimum atomic E-state index is -0.519. The molecule has 2 rings (SSSR count). The van der Waals surface area contributed by atoms with E-state index < -0.39 is 5.97 Å². The van der Waals surface area contributed by atoms with Gasteiger partial charge in [0.1, 0.15) is 18.8 Å². The van der Waals surface area contributed by atoms with E-state index in [1.165, 1.54) is 12.7 Å². The van der Waals surface area contributed by atoms with Crippen LogP contribution in [-0.2, 0) is 32.3 Å². The van der Waals surface area contributed by atoms with Gasteiger partial charge in [0.25, 0.3) is 0 Å². The van der Waals surface area contributed by atoms with Crippen molar-refractivity contribution in [3.8, 4) is 0 Å². The molecule has 2 aromatic rings. The van der Waals surface area contributed by atoms with Crippen LogP contribution in [0.25, 0.3) is 5.70 Å². The highest BCUT2D eigenvalue weighted by atomic mass is 16.5. The third-order valence-electron chi connectivity index (χ3n) is 3.58. The molecule has 8 nitrogen and oxygen atoms in total. The number of aromatic nitrogens is 1. The van der Waals surface area contributed by atoms with Crippen LogP contribution in [-0.4, -0.2) is 37.2 Å². The summed E-state index contributed by atoms with van der Waals surface area (Å²) >= 11 is 0. The predicted molar refractivity (Wildman–Crippen MR) is 98.2 cm³/mol. The van der Waals surface area contributed by atoms with Crippen molar-refractivity contribution in [2.45, 2.75) is 20.1 Å². The van der Waals surface area contributed by atoms with E-state index in [1.54, 1.807) is 6.07 Å². The number of carbonyl (C=O) groups excluding carboxylic acids is 2. The summed E-state index contributed by atoms with van der Waals surface area (Å²) in [5, 5.41) is 9.13. The number of ether oxygens (including phenoxy) is 2. The van der Waals surface area contributed by atoms with Crippen LogP contribution in [0.15, 0.2) is 41.4 Å². The zero-order valence-electron chi connectivity index (χ0n) is 15.4. The van der Waals surface area contributed by atoms with Crippen LogP contribution in [0.2, 0.25) is 0 Å². The normalized spacial score (nSPS) is 10.3. The van der Waals surface area contributed by atoms with Gasteiger partial charge >= 0.3 is 5.97 Å². The Morgan fingerprint density at radius 1 is 1.19 bits per heavy atom. The molecule has 0 radical (unpaired) electrons. The minimum absolute atomic E-state index is 0.0537. The second-order valence-corrected chi connectivity index (χ2v) is 5.85. The van der Waals surface area contributed by atoms with Crippen molar-refractivity contribution in [3.63, 3.8) is 0 Å². The molecule has 0 aliphatic heterocycles. The van der Waals surface area contributed by atoms with Crippen LogP contribution in [0.5, 0.6) is 0 Å². The van der Waals surface area contributed by atoms with Gasteiger partial charge in [-0.1, -0.05) is 41.6 Å². The number of methoxy groups -OCH3 is 1. The second-order valence-electron chi connectivity index (χ2n) is 5.85. The maximum Gasteiger partial charge on any atom is 0.325 e. The standard InChI is InChI=1S/C19H23N3O5/c1-13-5-4-6-15(7-13)11-26-12-16-8-17(22-27-16)14(2)20-9-18(23)21-10-19(24)25-3/h4-8,20H,2,9-12H2,1,3H3,(H,21,23). The van der Waals surface area contributed by atoms with Crippen LogP contribution in [0, 0.1) is 6.92 Å². The lowest BCUT2D eigenvalue weighted by molar-refractivity contribution is -0.141. The first kappa shape index (κ1) is 20.2. The number of nitrogens with zero attached hydrogens (tertiary/aromatic N) is 1. The van der Waals surface area contributed by atoms with Gasteiger partial charge in [-0.05, 0) is 12.5 Å². The summed E-state index contributed by atoms with van der Waals surface area (Å²) in [7, 11) is 1.25. The van der Waals surface area contributed by atoms with Gasteiger partial charge in [0.15, 0.2) is 5.76 Å². The van der Waals surface area contributed by atoms with Gasteiger partial charge in [-0.2, -0.15) is 0 Å². The Labute approximate surface area is 157 Å². The fourth-order valence-corrected chi connectivity index (χ4v) is 2.18. The number of esters is 1. The van der Waals surface area contributed by atoms with Gasteiger partial charge in [0.05, 0.1) is 26.0 Å². The zero-order chi connectivity index (χ0) is 19.6. The average Bonchev–Trinajstić information content (AvgIpc) is 3.13. The fourth-order valence-electron chi connectivity index (χ4n) is 2.18. The molecule has 0 saturated heterocycles. The molecule has 0 saturated carbocycles. The van der Waals surface area contributed by atoms with Crippen molar-refractivity contribution < 1.29 is 23.6 Å². The number of nitrogens with one attached hydrogen (secondary N) is 2. The molecule has 0 bridgehead atoms. The van der Waals surface area contributed by atoms with E-state index in [4.69, 9.17) is 9.26 Å². The van der Waals surface area contributed by atoms with Crippen LogP contribution < -0.4 is 10.6 Å². The monoisotopic (exact) mass is 373 g/mol. The minimum Gasteiger partial charge on any atom is -0.468 e. The largest absolute Gasteiger partial charge is 0.468 e.